The number of halogens is 1. The lowest BCUT2D eigenvalue weighted by atomic mass is 9.78. The lowest BCUT2D eigenvalue weighted by molar-refractivity contribution is 0.199. The molecule has 2 aliphatic rings. The predicted octanol–water partition coefficient (Wildman–Crippen LogP) is 7.53. The van der Waals surface area contributed by atoms with Gasteiger partial charge in [0.15, 0.2) is 0 Å². The summed E-state index contributed by atoms with van der Waals surface area (Å²) in [5.41, 5.74) is 3.22. The fourth-order valence-electron chi connectivity index (χ4n) is 5.12. The summed E-state index contributed by atoms with van der Waals surface area (Å²) in [6, 6.07) is 13.8. The van der Waals surface area contributed by atoms with Gasteiger partial charge in [0.2, 0.25) is 7.37 Å². The second kappa shape index (κ2) is 10.1. The zero-order valence-electron chi connectivity index (χ0n) is 19.6. The van der Waals surface area contributed by atoms with Crippen LogP contribution in [0.15, 0.2) is 42.5 Å². The molecule has 0 aromatic heterocycles. The average Bonchev–Trinajstić information content (AvgIpc) is 3.64. The molecule has 0 radical (unpaired) electrons. The third-order valence-corrected chi connectivity index (χ3v) is 9.14. The van der Waals surface area contributed by atoms with E-state index in [0.717, 1.165) is 42.6 Å². The highest BCUT2D eigenvalue weighted by Gasteiger charge is 2.36. The lowest BCUT2D eigenvalue weighted by Gasteiger charge is -2.29. The second-order valence-corrected chi connectivity index (χ2v) is 12.7. The van der Waals surface area contributed by atoms with E-state index < -0.39 is 7.37 Å². The summed E-state index contributed by atoms with van der Waals surface area (Å²) < 4.78 is 38.4. The molecule has 0 N–H and O–H groups in total. The Balaban J connectivity index is 1.33. The Hall–Kier alpha value is -1.64. The van der Waals surface area contributed by atoms with E-state index in [0.29, 0.717) is 30.5 Å². The fourth-order valence-corrected chi connectivity index (χ4v) is 6.49. The molecule has 0 aliphatic heterocycles. The number of aryl methyl sites for hydroxylation is 1. The molecular formula is C27H36FO3P. The Kier molecular flexibility index (Phi) is 7.42. The highest BCUT2D eigenvalue weighted by atomic mass is 31.2. The minimum Gasteiger partial charge on any atom is -0.493 e. The molecule has 32 heavy (non-hydrogen) atoms. The molecule has 0 spiro atoms. The summed E-state index contributed by atoms with van der Waals surface area (Å²) in [6.07, 6.45) is 7.15. The third-order valence-electron chi connectivity index (χ3n) is 7.32. The molecule has 2 aromatic carbocycles. The van der Waals surface area contributed by atoms with E-state index in [4.69, 9.17) is 9.26 Å². The summed E-state index contributed by atoms with van der Waals surface area (Å²) in [5.74, 6) is 2.52. The van der Waals surface area contributed by atoms with Gasteiger partial charge < -0.3 is 9.26 Å². The fraction of sp³-hybridized carbons (Fsp3) is 0.556. The van der Waals surface area contributed by atoms with Crippen molar-refractivity contribution in [1.29, 1.82) is 0 Å². The van der Waals surface area contributed by atoms with Gasteiger partial charge >= 0.3 is 0 Å². The first-order valence-electron chi connectivity index (χ1n) is 12.0. The van der Waals surface area contributed by atoms with Crippen LogP contribution in [0.5, 0.6) is 5.75 Å². The average molecular weight is 459 g/mol. The molecule has 0 bridgehead atoms. The second-order valence-electron chi connectivity index (χ2n) is 9.95. The maximum absolute atomic E-state index is 14.3. The molecule has 5 heteroatoms. The number of benzene rings is 2. The van der Waals surface area contributed by atoms with Crippen LogP contribution < -0.4 is 4.74 Å². The van der Waals surface area contributed by atoms with E-state index in [1.165, 1.54) is 18.4 Å². The molecule has 2 atom stereocenters. The van der Waals surface area contributed by atoms with Crippen molar-refractivity contribution in [2.45, 2.75) is 57.3 Å². The van der Waals surface area contributed by atoms with Gasteiger partial charge in [-0.05, 0) is 98.4 Å². The van der Waals surface area contributed by atoms with Gasteiger partial charge in [-0.1, -0.05) is 29.8 Å². The Labute approximate surface area is 192 Å². The van der Waals surface area contributed by atoms with Gasteiger partial charge in [0.05, 0.1) is 6.61 Å². The molecule has 2 aliphatic carbocycles. The SMILES string of the molecule is COP(C)(=O)CC(c1cccc(OCC2CCC(c3cc(C)ccc3F)CC2)c1)C1CC1. The van der Waals surface area contributed by atoms with Crippen LogP contribution in [0.3, 0.4) is 0 Å². The smallest absolute Gasteiger partial charge is 0.200 e. The molecule has 2 saturated carbocycles. The monoisotopic (exact) mass is 458 g/mol. The van der Waals surface area contributed by atoms with Gasteiger partial charge in [0.1, 0.15) is 11.6 Å². The summed E-state index contributed by atoms with van der Waals surface area (Å²) >= 11 is 0. The summed E-state index contributed by atoms with van der Waals surface area (Å²) in [6.45, 7) is 4.46. The van der Waals surface area contributed by atoms with Crippen molar-refractivity contribution in [3.8, 4) is 5.75 Å². The van der Waals surface area contributed by atoms with Crippen LogP contribution in [-0.4, -0.2) is 26.5 Å². The van der Waals surface area contributed by atoms with Crippen molar-refractivity contribution in [2.24, 2.45) is 11.8 Å². The highest BCUT2D eigenvalue weighted by Crippen LogP contribution is 2.53. The Morgan fingerprint density at radius 2 is 1.81 bits per heavy atom. The summed E-state index contributed by atoms with van der Waals surface area (Å²) in [7, 11) is -1.02. The van der Waals surface area contributed by atoms with Gasteiger partial charge in [-0.3, -0.25) is 4.57 Å². The standard InChI is InChI=1S/C27H36FO3P/c1-19-7-14-27(28)25(15-19)21-10-8-20(9-11-21)17-31-24-6-4-5-23(16-24)26(22-12-13-22)18-32(3,29)30-2/h4-7,14-16,20-22,26H,8-13,17-18H2,1-3H3. The van der Waals surface area contributed by atoms with E-state index >= 15 is 0 Å². The molecule has 0 saturated heterocycles. The maximum Gasteiger partial charge on any atom is 0.200 e. The molecular weight excluding hydrogens is 422 g/mol. The van der Waals surface area contributed by atoms with E-state index in [-0.39, 0.29) is 11.7 Å². The van der Waals surface area contributed by atoms with Gasteiger partial charge in [0.25, 0.3) is 0 Å². The van der Waals surface area contributed by atoms with Crippen LogP contribution >= 0.6 is 7.37 Å². The van der Waals surface area contributed by atoms with Gasteiger partial charge in [-0.25, -0.2) is 4.39 Å². The first-order chi connectivity index (χ1) is 15.3. The van der Waals surface area contributed by atoms with Crippen molar-refractivity contribution in [3.05, 3.63) is 65.0 Å². The number of hydrogen-bond acceptors (Lipinski definition) is 3. The van der Waals surface area contributed by atoms with Gasteiger partial charge in [-0.15, -0.1) is 0 Å². The van der Waals surface area contributed by atoms with Crippen LogP contribution in [0, 0.1) is 24.6 Å². The van der Waals surface area contributed by atoms with Crippen molar-refractivity contribution in [3.63, 3.8) is 0 Å². The Bertz CT molecular complexity index is 963. The topological polar surface area (TPSA) is 35.5 Å². The molecule has 4 rings (SSSR count). The van der Waals surface area contributed by atoms with E-state index in [1.807, 2.05) is 31.2 Å². The Morgan fingerprint density at radius 3 is 2.50 bits per heavy atom. The van der Waals surface area contributed by atoms with Crippen molar-refractivity contribution in [2.75, 3.05) is 26.5 Å². The van der Waals surface area contributed by atoms with Gasteiger partial charge in [-0.2, -0.15) is 0 Å². The highest BCUT2D eigenvalue weighted by molar-refractivity contribution is 7.58. The van der Waals surface area contributed by atoms with Crippen LogP contribution in [0.1, 0.15) is 67.1 Å². The molecule has 3 nitrogen and oxygen atoms in total. The zero-order valence-corrected chi connectivity index (χ0v) is 20.5. The quantitative estimate of drug-likeness (QED) is 0.364. The third kappa shape index (κ3) is 6.02. The van der Waals surface area contributed by atoms with E-state index in [2.05, 4.69) is 12.1 Å². The molecule has 0 heterocycles. The normalized spacial score (nSPS) is 24.0. The first kappa shape index (κ1) is 23.5. The molecule has 2 aromatic rings. The van der Waals surface area contributed by atoms with E-state index in [9.17, 15) is 8.96 Å². The van der Waals surface area contributed by atoms with Crippen molar-refractivity contribution >= 4 is 7.37 Å². The van der Waals surface area contributed by atoms with Crippen LogP contribution in [0.4, 0.5) is 4.39 Å². The first-order valence-corrected chi connectivity index (χ1v) is 14.2. The molecule has 2 fully saturated rings. The van der Waals surface area contributed by atoms with Gasteiger partial charge in [0, 0.05) is 19.9 Å². The van der Waals surface area contributed by atoms with Crippen LogP contribution in [0.2, 0.25) is 0 Å². The Morgan fingerprint density at radius 1 is 1.06 bits per heavy atom. The lowest BCUT2D eigenvalue weighted by Crippen LogP contribution is -2.20. The number of rotatable bonds is 9. The maximum atomic E-state index is 14.3. The van der Waals surface area contributed by atoms with Crippen LogP contribution in [0.25, 0.3) is 0 Å². The molecule has 174 valence electrons. The van der Waals surface area contributed by atoms with Crippen molar-refractivity contribution in [1.82, 2.24) is 0 Å². The largest absolute Gasteiger partial charge is 0.493 e. The number of hydrogen-bond donors (Lipinski definition) is 0. The van der Waals surface area contributed by atoms with Crippen LogP contribution in [-0.2, 0) is 9.09 Å². The predicted molar refractivity (Wildman–Crippen MR) is 129 cm³/mol. The van der Waals surface area contributed by atoms with Crippen molar-refractivity contribution < 1.29 is 18.2 Å². The molecule has 0 amide bonds. The minimum atomic E-state index is -2.57. The summed E-state index contributed by atoms with van der Waals surface area (Å²) in [5, 5.41) is 0. The molecule has 2 unspecified atom stereocenters. The summed E-state index contributed by atoms with van der Waals surface area (Å²) in [4.78, 5) is 0. The zero-order chi connectivity index (χ0) is 22.7. The minimum absolute atomic E-state index is 0.0672. The number of ether oxygens (including phenoxy) is 1. The van der Waals surface area contributed by atoms with E-state index in [1.54, 1.807) is 19.8 Å².